The van der Waals surface area contributed by atoms with Gasteiger partial charge in [-0.15, -0.1) is 11.3 Å². The van der Waals surface area contributed by atoms with Crippen molar-refractivity contribution in [1.82, 2.24) is 14.9 Å². The van der Waals surface area contributed by atoms with Crippen LogP contribution in [0.4, 0.5) is 5.69 Å². The number of aromatic nitrogens is 2. The van der Waals surface area contributed by atoms with Crippen molar-refractivity contribution in [1.29, 1.82) is 0 Å². The zero-order valence-corrected chi connectivity index (χ0v) is 20.1. The number of hydrogen-bond acceptors (Lipinski definition) is 6. The lowest BCUT2D eigenvalue weighted by atomic mass is 10.2. The fraction of sp³-hybridized carbons (Fsp3) is 0.435. The number of aromatic amines is 1. The third-order valence-corrected chi connectivity index (χ3v) is 8.52. The van der Waals surface area contributed by atoms with Gasteiger partial charge in [-0.25, -0.2) is 4.98 Å². The summed E-state index contributed by atoms with van der Waals surface area (Å²) >= 11 is 9.41. The molecule has 9 heteroatoms. The summed E-state index contributed by atoms with van der Waals surface area (Å²) in [4.78, 5) is 39.2. The average Bonchev–Trinajstić information content (AvgIpc) is 3.38. The van der Waals surface area contributed by atoms with Gasteiger partial charge < -0.3 is 14.8 Å². The first-order valence-electron chi connectivity index (χ1n) is 11.0. The topological polar surface area (TPSA) is 69.3 Å². The number of H-pyrrole nitrogens is 1. The fourth-order valence-electron chi connectivity index (χ4n) is 4.49. The number of fused-ring (bicyclic) bond motifs is 3. The Hall–Kier alpha value is -2.03. The van der Waals surface area contributed by atoms with Crippen molar-refractivity contribution in [2.24, 2.45) is 0 Å². The number of piperazine rings is 1. The van der Waals surface area contributed by atoms with Crippen LogP contribution in [0, 0.1) is 0 Å². The summed E-state index contributed by atoms with van der Waals surface area (Å²) in [6.45, 7) is 3.08. The summed E-state index contributed by atoms with van der Waals surface area (Å²) < 4.78 is 0. The summed E-state index contributed by atoms with van der Waals surface area (Å²) in [5.74, 6) is 2.23. The molecule has 0 unspecified atom stereocenters. The van der Waals surface area contributed by atoms with Crippen molar-refractivity contribution < 1.29 is 4.79 Å². The Kier molecular flexibility index (Phi) is 6.44. The van der Waals surface area contributed by atoms with Crippen LogP contribution in [-0.2, 0) is 23.4 Å². The Bertz CT molecular complexity index is 1200. The molecule has 6 nitrogen and oxygen atoms in total. The van der Waals surface area contributed by atoms with Crippen molar-refractivity contribution in [2.75, 3.05) is 36.8 Å². The van der Waals surface area contributed by atoms with Crippen LogP contribution in [0.5, 0.6) is 0 Å². The standard InChI is InChI=1S/C23H25ClN4O2S2/c24-15-3-1-4-16(13-15)27-8-10-28(11-9-27)20(29)7-12-31-14-19-25-22(30)21-17-5-2-6-18(17)32-23(21)26-19/h1,3-4,13H,2,5-12,14H2,(H,25,26,30). The third-order valence-electron chi connectivity index (χ3n) is 6.13. The van der Waals surface area contributed by atoms with Crippen LogP contribution in [0.3, 0.4) is 0 Å². The molecule has 5 rings (SSSR count). The van der Waals surface area contributed by atoms with E-state index < -0.39 is 0 Å². The molecule has 3 aromatic rings. The van der Waals surface area contributed by atoms with Crippen LogP contribution in [0.2, 0.25) is 5.02 Å². The molecule has 32 heavy (non-hydrogen) atoms. The number of hydrogen-bond donors (Lipinski definition) is 1. The molecule has 1 saturated heterocycles. The van der Waals surface area contributed by atoms with E-state index in [-0.39, 0.29) is 11.5 Å². The molecule has 1 aliphatic heterocycles. The molecule has 168 valence electrons. The van der Waals surface area contributed by atoms with Gasteiger partial charge in [-0.05, 0) is 43.0 Å². The monoisotopic (exact) mass is 488 g/mol. The minimum absolute atomic E-state index is 0.0151. The Morgan fingerprint density at radius 2 is 2.06 bits per heavy atom. The second-order valence-electron chi connectivity index (χ2n) is 8.20. The van der Waals surface area contributed by atoms with Gasteiger partial charge >= 0.3 is 0 Å². The highest BCUT2D eigenvalue weighted by atomic mass is 35.5. The number of thiophene rings is 1. The Morgan fingerprint density at radius 1 is 1.22 bits per heavy atom. The maximum absolute atomic E-state index is 12.6. The number of benzene rings is 1. The van der Waals surface area contributed by atoms with Gasteiger partial charge in [0, 0.05) is 53.9 Å². The van der Waals surface area contributed by atoms with Crippen LogP contribution >= 0.6 is 34.7 Å². The largest absolute Gasteiger partial charge is 0.368 e. The van der Waals surface area contributed by atoms with Crippen LogP contribution in [0.25, 0.3) is 10.2 Å². The highest BCUT2D eigenvalue weighted by Gasteiger charge is 2.22. The van der Waals surface area contributed by atoms with Crippen molar-refractivity contribution >= 4 is 56.5 Å². The number of aryl methyl sites for hydroxylation is 2. The van der Waals surface area contributed by atoms with Crippen LogP contribution in [-0.4, -0.2) is 52.7 Å². The zero-order chi connectivity index (χ0) is 22.1. The molecule has 0 bridgehead atoms. The number of amides is 1. The maximum atomic E-state index is 12.6. The molecule has 0 radical (unpaired) electrons. The molecule has 1 aliphatic carbocycles. The second kappa shape index (κ2) is 9.45. The van der Waals surface area contributed by atoms with Gasteiger partial charge in [0.2, 0.25) is 5.91 Å². The van der Waals surface area contributed by atoms with E-state index in [9.17, 15) is 9.59 Å². The van der Waals surface area contributed by atoms with E-state index in [0.717, 1.165) is 72.1 Å². The minimum Gasteiger partial charge on any atom is -0.368 e. The second-order valence-corrected chi connectivity index (χ2v) is 10.8. The van der Waals surface area contributed by atoms with Crippen LogP contribution in [0.1, 0.15) is 29.1 Å². The first-order chi connectivity index (χ1) is 15.6. The van der Waals surface area contributed by atoms with E-state index in [2.05, 4.69) is 20.9 Å². The normalized spacial score (nSPS) is 16.0. The van der Waals surface area contributed by atoms with E-state index in [4.69, 9.17) is 11.6 Å². The summed E-state index contributed by atoms with van der Waals surface area (Å²) in [6, 6.07) is 7.85. The quantitative estimate of drug-likeness (QED) is 0.529. The van der Waals surface area contributed by atoms with Crippen molar-refractivity contribution in [3.63, 3.8) is 0 Å². The Balaban J connectivity index is 1.09. The average molecular weight is 489 g/mol. The maximum Gasteiger partial charge on any atom is 0.259 e. The summed E-state index contributed by atoms with van der Waals surface area (Å²) in [6.07, 6.45) is 3.69. The summed E-state index contributed by atoms with van der Waals surface area (Å²) in [5.41, 5.74) is 2.30. The summed E-state index contributed by atoms with van der Waals surface area (Å²) in [5, 5.41) is 1.53. The number of nitrogens with zero attached hydrogens (tertiary/aromatic N) is 3. The number of nitrogens with one attached hydrogen (secondary N) is 1. The van der Waals surface area contributed by atoms with Gasteiger partial charge in [0.05, 0.1) is 11.1 Å². The fourth-order valence-corrected chi connectivity index (χ4v) is 6.75. The highest BCUT2D eigenvalue weighted by Crippen LogP contribution is 2.34. The molecule has 2 aromatic heterocycles. The first kappa shape index (κ1) is 21.8. The van der Waals surface area contributed by atoms with E-state index in [0.29, 0.717) is 18.0 Å². The lowest BCUT2D eigenvalue weighted by Crippen LogP contribution is -2.48. The van der Waals surface area contributed by atoms with Gasteiger partial charge in [0.15, 0.2) is 0 Å². The molecule has 1 aromatic carbocycles. The van der Waals surface area contributed by atoms with E-state index in [1.54, 1.807) is 23.1 Å². The third kappa shape index (κ3) is 4.54. The number of carbonyl (C=O) groups is 1. The van der Waals surface area contributed by atoms with Gasteiger partial charge in [0.1, 0.15) is 10.7 Å². The lowest BCUT2D eigenvalue weighted by Gasteiger charge is -2.36. The number of anilines is 1. The zero-order valence-electron chi connectivity index (χ0n) is 17.7. The van der Waals surface area contributed by atoms with Crippen molar-refractivity contribution in [3.05, 3.63) is 55.9 Å². The smallest absolute Gasteiger partial charge is 0.259 e. The van der Waals surface area contributed by atoms with E-state index >= 15 is 0 Å². The van der Waals surface area contributed by atoms with Crippen LogP contribution in [0.15, 0.2) is 29.1 Å². The molecule has 3 heterocycles. The SMILES string of the molecule is O=C(CCSCc1nc2sc3c(c2c(=O)[nH]1)CCC3)N1CCN(c2cccc(Cl)c2)CC1. The highest BCUT2D eigenvalue weighted by molar-refractivity contribution is 7.98. The van der Waals surface area contributed by atoms with Gasteiger partial charge in [0.25, 0.3) is 5.56 Å². The van der Waals surface area contributed by atoms with Gasteiger partial charge in [-0.1, -0.05) is 17.7 Å². The van der Waals surface area contributed by atoms with E-state index in [1.165, 1.54) is 10.4 Å². The lowest BCUT2D eigenvalue weighted by molar-refractivity contribution is -0.131. The van der Waals surface area contributed by atoms with Crippen LogP contribution < -0.4 is 10.5 Å². The van der Waals surface area contributed by atoms with E-state index in [1.807, 2.05) is 23.1 Å². The Morgan fingerprint density at radius 3 is 2.88 bits per heavy atom. The number of halogens is 1. The minimum atomic E-state index is -0.0151. The predicted molar refractivity (Wildman–Crippen MR) is 133 cm³/mol. The number of rotatable bonds is 6. The molecule has 1 N–H and O–H groups in total. The first-order valence-corrected chi connectivity index (χ1v) is 13.3. The number of carbonyl (C=O) groups excluding carboxylic acids is 1. The molecule has 0 atom stereocenters. The van der Waals surface area contributed by atoms with Gasteiger partial charge in [-0.2, -0.15) is 11.8 Å². The molecule has 1 amide bonds. The predicted octanol–water partition coefficient (Wildman–Crippen LogP) is 4.10. The molecule has 0 saturated carbocycles. The molecule has 0 spiro atoms. The molecule has 1 fully saturated rings. The van der Waals surface area contributed by atoms with Crippen molar-refractivity contribution in [3.8, 4) is 0 Å². The molecule has 2 aliphatic rings. The molecular formula is C23H25ClN4O2S2. The summed E-state index contributed by atoms with van der Waals surface area (Å²) in [7, 11) is 0. The van der Waals surface area contributed by atoms with Crippen molar-refractivity contribution in [2.45, 2.75) is 31.4 Å². The van der Waals surface area contributed by atoms with Gasteiger partial charge in [-0.3, -0.25) is 9.59 Å². The molecular weight excluding hydrogens is 464 g/mol. The number of thioether (sulfide) groups is 1. The Labute approximate surface area is 200 Å².